The molecular weight excluding hydrogens is 166 g/mol. The second-order valence-electron chi connectivity index (χ2n) is 4.28. The Hall–Kier alpha value is -0.120. The first kappa shape index (κ1) is 9.44. The third-order valence-electron chi connectivity index (χ3n) is 3.26. The van der Waals surface area contributed by atoms with Gasteiger partial charge in [-0.1, -0.05) is 0 Å². The van der Waals surface area contributed by atoms with Crippen molar-refractivity contribution < 1.29 is 9.84 Å². The van der Waals surface area contributed by atoms with Crippen molar-refractivity contribution >= 4 is 0 Å². The van der Waals surface area contributed by atoms with Gasteiger partial charge in [0.15, 0.2) is 0 Å². The molecule has 0 aromatic rings. The van der Waals surface area contributed by atoms with Gasteiger partial charge in [-0.25, -0.2) is 0 Å². The van der Waals surface area contributed by atoms with Crippen LogP contribution in [0.4, 0.5) is 0 Å². The van der Waals surface area contributed by atoms with Crippen molar-refractivity contribution in [3.05, 3.63) is 0 Å². The zero-order valence-electron chi connectivity index (χ0n) is 8.28. The van der Waals surface area contributed by atoms with Crippen LogP contribution in [0.2, 0.25) is 0 Å². The number of β-amino-alcohol motifs (C(OH)–C–C–N with tert-alkyl or cyclic N) is 1. The van der Waals surface area contributed by atoms with Gasteiger partial charge in [0.05, 0.1) is 6.10 Å². The van der Waals surface area contributed by atoms with Crippen molar-refractivity contribution in [1.29, 1.82) is 0 Å². The summed E-state index contributed by atoms with van der Waals surface area (Å²) in [7, 11) is 0. The van der Waals surface area contributed by atoms with Crippen LogP contribution in [0, 0.1) is 0 Å². The van der Waals surface area contributed by atoms with Gasteiger partial charge < -0.3 is 9.84 Å². The summed E-state index contributed by atoms with van der Waals surface area (Å²) in [6.07, 6.45) is 3.11. The minimum Gasteiger partial charge on any atom is -0.392 e. The zero-order valence-corrected chi connectivity index (χ0v) is 8.28. The van der Waals surface area contributed by atoms with Gasteiger partial charge >= 0.3 is 0 Å². The lowest BCUT2D eigenvalue weighted by molar-refractivity contribution is 0.0282. The molecule has 2 aliphatic rings. The molecule has 0 spiro atoms. The predicted molar refractivity (Wildman–Crippen MR) is 50.6 cm³/mol. The Bertz CT molecular complexity index is 168. The fourth-order valence-electron chi connectivity index (χ4n) is 2.55. The highest BCUT2D eigenvalue weighted by molar-refractivity contribution is 4.87. The van der Waals surface area contributed by atoms with Crippen molar-refractivity contribution in [2.75, 3.05) is 19.8 Å². The molecule has 0 aromatic carbocycles. The third-order valence-corrected chi connectivity index (χ3v) is 3.26. The number of hydrogen-bond donors (Lipinski definition) is 1. The molecule has 3 nitrogen and oxygen atoms in total. The van der Waals surface area contributed by atoms with Crippen LogP contribution in [0.3, 0.4) is 0 Å². The van der Waals surface area contributed by atoms with E-state index in [1.54, 1.807) is 0 Å². The maximum absolute atomic E-state index is 9.53. The lowest BCUT2D eigenvalue weighted by atomic mass is 10.1. The lowest BCUT2D eigenvalue weighted by Crippen LogP contribution is -2.41. The molecule has 1 N–H and O–H groups in total. The highest BCUT2D eigenvalue weighted by atomic mass is 16.5. The number of rotatable bonds is 1. The van der Waals surface area contributed by atoms with Gasteiger partial charge in [-0.05, 0) is 26.2 Å². The molecule has 2 rings (SSSR count). The summed E-state index contributed by atoms with van der Waals surface area (Å²) in [5.41, 5.74) is 0. The second-order valence-corrected chi connectivity index (χ2v) is 4.28. The largest absolute Gasteiger partial charge is 0.392 e. The van der Waals surface area contributed by atoms with Gasteiger partial charge in [-0.15, -0.1) is 0 Å². The molecule has 2 heterocycles. The van der Waals surface area contributed by atoms with E-state index in [1.807, 2.05) is 0 Å². The maximum atomic E-state index is 9.53. The molecule has 0 radical (unpaired) electrons. The maximum Gasteiger partial charge on any atom is 0.0682 e. The van der Waals surface area contributed by atoms with Gasteiger partial charge in [0.1, 0.15) is 0 Å². The number of aliphatic hydroxyl groups excluding tert-OH is 1. The molecule has 2 atom stereocenters. The molecule has 0 saturated carbocycles. The third kappa shape index (κ3) is 2.03. The molecule has 13 heavy (non-hydrogen) atoms. The molecule has 76 valence electrons. The molecule has 2 saturated heterocycles. The van der Waals surface area contributed by atoms with E-state index >= 15 is 0 Å². The van der Waals surface area contributed by atoms with Crippen molar-refractivity contribution in [3.63, 3.8) is 0 Å². The first-order valence-electron chi connectivity index (χ1n) is 5.29. The quantitative estimate of drug-likeness (QED) is 0.650. The Balaban J connectivity index is 1.91. The summed E-state index contributed by atoms with van der Waals surface area (Å²) < 4.78 is 5.33. The zero-order chi connectivity index (χ0) is 9.26. The normalized spacial score (nSPS) is 38.3. The molecular formula is C10H19NO2. The SMILES string of the molecule is CC1C[C@@H](O)CN1C1CCOCC1. The van der Waals surface area contributed by atoms with E-state index in [-0.39, 0.29) is 6.10 Å². The van der Waals surface area contributed by atoms with Crippen LogP contribution in [0.15, 0.2) is 0 Å². The number of nitrogens with zero attached hydrogens (tertiary/aromatic N) is 1. The molecule has 1 unspecified atom stereocenters. The topological polar surface area (TPSA) is 32.7 Å². The first-order chi connectivity index (χ1) is 6.27. The summed E-state index contributed by atoms with van der Waals surface area (Å²) in [6.45, 7) is 4.87. The minimum absolute atomic E-state index is 0.0992. The predicted octanol–water partition coefficient (Wildman–Crippen LogP) is 0.620. The highest BCUT2D eigenvalue weighted by Gasteiger charge is 2.33. The van der Waals surface area contributed by atoms with E-state index < -0.39 is 0 Å². The summed E-state index contributed by atoms with van der Waals surface area (Å²) in [6, 6.07) is 1.21. The van der Waals surface area contributed by atoms with Crippen molar-refractivity contribution in [1.82, 2.24) is 4.90 Å². The van der Waals surface area contributed by atoms with Gasteiger partial charge in [-0.2, -0.15) is 0 Å². The highest BCUT2D eigenvalue weighted by Crippen LogP contribution is 2.24. The Morgan fingerprint density at radius 3 is 2.54 bits per heavy atom. The van der Waals surface area contributed by atoms with Gasteiger partial charge in [0, 0.05) is 31.8 Å². The Labute approximate surface area is 79.7 Å². The van der Waals surface area contributed by atoms with E-state index in [2.05, 4.69) is 11.8 Å². The van der Waals surface area contributed by atoms with E-state index in [9.17, 15) is 5.11 Å². The van der Waals surface area contributed by atoms with Crippen LogP contribution < -0.4 is 0 Å². The number of ether oxygens (including phenoxy) is 1. The summed E-state index contributed by atoms with van der Waals surface area (Å²) in [4.78, 5) is 2.45. The molecule has 0 aliphatic carbocycles. The van der Waals surface area contributed by atoms with Crippen LogP contribution in [0.25, 0.3) is 0 Å². The Morgan fingerprint density at radius 2 is 2.00 bits per heavy atom. The van der Waals surface area contributed by atoms with E-state index in [4.69, 9.17) is 4.74 Å². The molecule has 0 amide bonds. The molecule has 0 bridgehead atoms. The summed E-state index contributed by atoms with van der Waals surface area (Å²) in [5.74, 6) is 0. The lowest BCUT2D eigenvalue weighted by Gasteiger charge is -2.33. The average molecular weight is 185 g/mol. The van der Waals surface area contributed by atoms with E-state index in [1.165, 1.54) is 0 Å². The van der Waals surface area contributed by atoms with Crippen molar-refractivity contribution in [2.45, 2.75) is 44.4 Å². The smallest absolute Gasteiger partial charge is 0.0682 e. The average Bonchev–Trinajstić information content (AvgIpc) is 2.47. The van der Waals surface area contributed by atoms with Crippen molar-refractivity contribution in [3.8, 4) is 0 Å². The van der Waals surface area contributed by atoms with Gasteiger partial charge in [-0.3, -0.25) is 4.90 Å². The van der Waals surface area contributed by atoms with Crippen LogP contribution >= 0.6 is 0 Å². The summed E-state index contributed by atoms with van der Waals surface area (Å²) in [5, 5.41) is 9.53. The van der Waals surface area contributed by atoms with Crippen molar-refractivity contribution in [2.24, 2.45) is 0 Å². The standard InChI is InChI=1S/C10H19NO2/c1-8-6-10(12)7-11(8)9-2-4-13-5-3-9/h8-10,12H,2-7H2,1H3/t8?,10-/m1/s1. The summed E-state index contributed by atoms with van der Waals surface area (Å²) >= 11 is 0. The molecule has 2 fully saturated rings. The monoisotopic (exact) mass is 185 g/mol. The van der Waals surface area contributed by atoms with E-state index in [0.717, 1.165) is 39.0 Å². The van der Waals surface area contributed by atoms with Gasteiger partial charge in [0.2, 0.25) is 0 Å². The number of hydrogen-bond acceptors (Lipinski definition) is 3. The fraction of sp³-hybridized carbons (Fsp3) is 1.00. The van der Waals surface area contributed by atoms with Crippen LogP contribution in [-0.2, 0) is 4.74 Å². The van der Waals surface area contributed by atoms with E-state index in [0.29, 0.717) is 12.1 Å². The first-order valence-corrected chi connectivity index (χ1v) is 5.29. The second kappa shape index (κ2) is 3.95. The number of aliphatic hydroxyl groups is 1. The minimum atomic E-state index is -0.0992. The fourth-order valence-corrected chi connectivity index (χ4v) is 2.55. The Morgan fingerprint density at radius 1 is 1.31 bits per heavy atom. The molecule has 2 aliphatic heterocycles. The van der Waals surface area contributed by atoms with Crippen LogP contribution in [0.1, 0.15) is 26.2 Å². The van der Waals surface area contributed by atoms with Crippen LogP contribution in [0.5, 0.6) is 0 Å². The van der Waals surface area contributed by atoms with Gasteiger partial charge in [0.25, 0.3) is 0 Å². The molecule has 0 aromatic heterocycles. The number of likely N-dealkylation sites (tertiary alicyclic amines) is 1. The van der Waals surface area contributed by atoms with Crippen LogP contribution in [-0.4, -0.2) is 48.0 Å². The molecule has 3 heteroatoms. The Kier molecular flexibility index (Phi) is 2.86.